The third-order valence-corrected chi connectivity index (χ3v) is 4.22. The van der Waals surface area contributed by atoms with E-state index in [2.05, 4.69) is 52.0 Å². The van der Waals surface area contributed by atoms with E-state index in [4.69, 9.17) is 4.74 Å². The van der Waals surface area contributed by atoms with Gasteiger partial charge in [0.2, 0.25) is 0 Å². The normalized spacial score (nSPS) is 20.8. The minimum absolute atomic E-state index is 0.335. The first-order valence-corrected chi connectivity index (χ1v) is 7.08. The summed E-state index contributed by atoms with van der Waals surface area (Å²) in [7, 11) is 1.68. The van der Waals surface area contributed by atoms with Crippen LogP contribution in [0.1, 0.15) is 44.6 Å². The molecule has 1 aromatic rings. The molecule has 1 atom stereocenters. The molecule has 0 aliphatic heterocycles. The summed E-state index contributed by atoms with van der Waals surface area (Å²) in [6, 6.07) is 0. The monoisotopic (exact) mass is 313 g/mol. The SMILES string of the molecule is CCNc1nc(C2CC2(C)C)nc(COC)c1Br. The Balaban J connectivity index is 2.36. The smallest absolute Gasteiger partial charge is 0.144 e. The zero-order valence-electron chi connectivity index (χ0n) is 11.4. The summed E-state index contributed by atoms with van der Waals surface area (Å²) in [5.74, 6) is 2.28. The third-order valence-electron chi connectivity index (χ3n) is 3.39. The number of nitrogens with one attached hydrogen (secondary N) is 1. The van der Waals surface area contributed by atoms with Crippen LogP contribution in [0.5, 0.6) is 0 Å². The van der Waals surface area contributed by atoms with Gasteiger partial charge in [0.05, 0.1) is 16.8 Å². The average Bonchev–Trinajstić information content (AvgIpc) is 2.94. The summed E-state index contributed by atoms with van der Waals surface area (Å²) < 4.78 is 6.11. The zero-order valence-corrected chi connectivity index (χ0v) is 13.0. The van der Waals surface area contributed by atoms with E-state index in [1.54, 1.807) is 7.11 Å². The molecule has 0 radical (unpaired) electrons. The van der Waals surface area contributed by atoms with Crippen molar-refractivity contribution in [3.8, 4) is 0 Å². The molecule has 18 heavy (non-hydrogen) atoms. The summed E-state index contributed by atoms with van der Waals surface area (Å²) in [5.41, 5.74) is 1.25. The van der Waals surface area contributed by atoms with Crippen LogP contribution in [0.2, 0.25) is 0 Å². The molecular formula is C13H20BrN3O. The molecular weight excluding hydrogens is 294 g/mol. The molecule has 1 aliphatic rings. The first-order valence-electron chi connectivity index (χ1n) is 6.28. The minimum Gasteiger partial charge on any atom is -0.378 e. The zero-order chi connectivity index (χ0) is 13.3. The van der Waals surface area contributed by atoms with E-state index in [0.29, 0.717) is 17.9 Å². The topological polar surface area (TPSA) is 47.0 Å². The Morgan fingerprint density at radius 3 is 2.61 bits per heavy atom. The number of hydrogen-bond donors (Lipinski definition) is 1. The van der Waals surface area contributed by atoms with Crippen molar-refractivity contribution in [2.45, 2.75) is 39.7 Å². The predicted octanol–water partition coefficient (Wildman–Crippen LogP) is 3.33. The lowest BCUT2D eigenvalue weighted by molar-refractivity contribution is 0.180. The highest BCUT2D eigenvalue weighted by Crippen LogP contribution is 2.57. The Hall–Kier alpha value is -0.680. The van der Waals surface area contributed by atoms with Crippen LogP contribution < -0.4 is 5.32 Å². The largest absolute Gasteiger partial charge is 0.378 e. The standard InChI is InChI=1S/C13H20BrN3O/c1-5-15-12-10(14)9(7-18-4)16-11(17-12)8-6-13(8,2)3/h8H,5-7H2,1-4H3,(H,15,16,17). The summed E-state index contributed by atoms with van der Waals surface area (Å²) in [6.45, 7) is 7.92. The maximum absolute atomic E-state index is 5.20. The number of methoxy groups -OCH3 is 1. The highest BCUT2D eigenvalue weighted by atomic mass is 79.9. The molecule has 100 valence electrons. The van der Waals surface area contributed by atoms with E-state index < -0.39 is 0 Å². The van der Waals surface area contributed by atoms with Crippen molar-refractivity contribution >= 4 is 21.7 Å². The van der Waals surface area contributed by atoms with Gasteiger partial charge in [-0.25, -0.2) is 9.97 Å². The molecule has 1 unspecified atom stereocenters. The van der Waals surface area contributed by atoms with Gasteiger partial charge in [-0.15, -0.1) is 0 Å². The van der Waals surface area contributed by atoms with Gasteiger partial charge in [0.1, 0.15) is 11.6 Å². The quantitative estimate of drug-likeness (QED) is 0.905. The van der Waals surface area contributed by atoms with Crippen molar-refractivity contribution in [1.82, 2.24) is 9.97 Å². The van der Waals surface area contributed by atoms with Gasteiger partial charge in [-0.2, -0.15) is 0 Å². The number of rotatable bonds is 5. The van der Waals surface area contributed by atoms with E-state index in [0.717, 1.165) is 34.8 Å². The van der Waals surface area contributed by atoms with Gasteiger partial charge in [0.25, 0.3) is 0 Å². The number of nitrogens with zero attached hydrogens (tertiary/aromatic N) is 2. The third kappa shape index (κ3) is 2.67. The van der Waals surface area contributed by atoms with Crippen LogP contribution in [0.3, 0.4) is 0 Å². The lowest BCUT2D eigenvalue weighted by Gasteiger charge is -2.12. The van der Waals surface area contributed by atoms with Crippen molar-refractivity contribution < 1.29 is 4.74 Å². The number of hydrogen-bond acceptors (Lipinski definition) is 4. The number of ether oxygens (including phenoxy) is 1. The fourth-order valence-electron chi connectivity index (χ4n) is 2.09. The van der Waals surface area contributed by atoms with E-state index in [-0.39, 0.29) is 0 Å². The predicted molar refractivity (Wildman–Crippen MR) is 75.7 cm³/mol. The van der Waals surface area contributed by atoms with Crippen LogP contribution in [0.15, 0.2) is 4.47 Å². The van der Waals surface area contributed by atoms with Gasteiger partial charge in [-0.3, -0.25) is 0 Å². The van der Waals surface area contributed by atoms with Crippen LogP contribution >= 0.6 is 15.9 Å². The Kier molecular flexibility index (Phi) is 3.92. The molecule has 4 nitrogen and oxygen atoms in total. The summed E-state index contributed by atoms with van der Waals surface area (Å²) in [5, 5.41) is 3.27. The van der Waals surface area contributed by atoms with Gasteiger partial charge in [0, 0.05) is 19.6 Å². The van der Waals surface area contributed by atoms with Crippen molar-refractivity contribution in [1.29, 1.82) is 0 Å². The molecule has 2 rings (SSSR count). The second-order valence-corrected chi connectivity index (χ2v) is 6.19. The molecule has 1 saturated carbocycles. The Bertz CT molecular complexity index is 421. The maximum Gasteiger partial charge on any atom is 0.144 e. The Morgan fingerprint density at radius 2 is 2.11 bits per heavy atom. The molecule has 1 fully saturated rings. The van der Waals surface area contributed by atoms with Gasteiger partial charge in [-0.1, -0.05) is 13.8 Å². The van der Waals surface area contributed by atoms with E-state index in [1.807, 2.05) is 0 Å². The van der Waals surface area contributed by atoms with Gasteiger partial charge >= 0.3 is 0 Å². The number of halogens is 1. The Morgan fingerprint density at radius 1 is 1.44 bits per heavy atom. The molecule has 1 aromatic heterocycles. The van der Waals surface area contributed by atoms with Crippen molar-refractivity contribution in [2.24, 2.45) is 5.41 Å². The molecule has 1 aliphatic carbocycles. The van der Waals surface area contributed by atoms with Gasteiger partial charge in [0.15, 0.2) is 0 Å². The van der Waals surface area contributed by atoms with Crippen molar-refractivity contribution in [3.63, 3.8) is 0 Å². The lowest BCUT2D eigenvalue weighted by atomic mass is 10.1. The molecule has 0 bridgehead atoms. The summed E-state index contributed by atoms with van der Waals surface area (Å²) in [6.07, 6.45) is 1.16. The average molecular weight is 314 g/mol. The van der Waals surface area contributed by atoms with E-state index >= 15 is 0 Å². The maximum atomic E-state index is 5.20. The second-order valence-electron chi connectivity index (χ2n) is 5.40. The Labute approximate surface area is 117 Å². The molecule has 0 amide bonds. The summed E-state index contributed by atoms with van der Waals surface area (Å²) >= 11 is 3.55. The molecule has 0 saturated heterocycles. The van der Waals surface area contributed by atoms with Gasteiger partial charge < -0.3 is 10.1 Å². The highest BCUT2D eigenvalue weighted by molar-refractivity contribution is 9.10. The summed E-state index contributed by atoms with van der Waals surface area (Å²) in [4.78, 5) is 9.28. The number of anilines is 1. The fourth-order valence-corrected chi connectivity index (χ4v) is 2.53. The molecule has 0 spiro atoms. The first-order chi connectivity index (χ1) is 8.49. The van der Waals surface area contributed by atoms with Crippen molar-refractivity contribution in [2.75, 3.05) is 19.0 Å². The van der Waals surface area contributed by atoms with Crippen LogP contribution in [0.4, 0.5) is 5.82 Å². The molecule has 1 N–H and O–H groups in total. The van der Waals surface area contributed by atoms with Crippen molar-refractivity contribution in [3.05, 3.63) is 16.0 Å². The molecule has 1 heterocycles. The lowest BCUT2D eigenvalue weighted by Crippen LogP contribution is -2.09. The van der Waals surface area contributed by atoms with Crippen LogP contribution in [0, 0.1) is 5.41 Å². The molecule has 0 aromatic carbocycles. The number of aromatic nitrogens is 2. The first kappa shape index (κ1) is 13.7. The molecule has 5 heteroatoms. The van der Waals surface area contributed by atoms with E-state index in [9.17, 15) is 0 Å². The second kappa shape index (κ2) is 5.13. The van der Waals surface area contributed by atoms with E-state index in [1.165, 1.54) is 0 Å². The van der Waals surface area contributed by atoms with Crippen LogP contribution in [0.25, 0.3) is 0 Å². The van der Waals surface area contributed by atoms with Crippen LogP contribution in [-0.2, 0) is 11.3 Å². The van der Waals surface area contributed by atoms with Gasteiger partial charge in [-0.05, 0) is 34.7 Å². The minimum atomic E-state index is 0.335. The van der Waals surface area contributed by atoms with Crippen LogP contribution in [-0.4, -0.2) is 23.6 Å². The fraction of sp³-hybridized carbons (Fsp3) is 0.692. The highest BCUT2D eigenvalue weighted by Gasteiger charge is 2.48.